The van der Waals surface area contributed by atoms with E-state index in [2.05, 4.69) is 29.4 Å². The lowest BCUT2D eigenvalue weighted by atomic mass is 10.1. The second-order valence-corrected chi connectivity index (χ2v) is 6.86. The number of nitrogens with one attached hydrogen (secondary N) is 2. The molecule has 0 radical (unpaired) electrons. The molecule has 154 valence electrons. The summed E-state index contributed by atoms with van der Waals surface area (Å²) in [7, 11) is 0. The number of nitrogens with two attached hydrogens (primary N) is 1. The molecule has 9 nitrogen and oxygen atoms in total. The number of rotatable bonds is 10. The fourth-order valence-corrected chi connectivity index (χ4v) is 3.18. The smallest absolute Gasteiger partial charge is 0.0999 e. The second kappa shape index (κ2) is 9.44. The first kappa shape index (κ1) is 20.7. The molecule has 9 heteroatoms. The molecule has 1 unspecified atom stereocenters. The second-order valence-electron chi connectivity index (χ2n) is 6.86. The lowest BCUT2D eigenvalue weighted by molar-refractivity contribution is 0.184. The van der Waals surface area contributed by atoms with Crippen LogP contribution in [0, 0.1) is 5.41 Å². The fraction of sp³-hybridized carbons (Fsp3) is 0.400. The number of aromatic nitrogens is 5. The van der Waals surface area contributed by atoms with Crippen molar-refractivity contribution in [2.24, 2.45) is 5.73 Å². The van der Waals surface area contributed by atoms with Crippen LogP contribution >= 0.6 is 0 Å². The van der Waals surface area contributed by atoms with Crippen LogP contribution in [-0.4, -0.2) is 54.9 Å². The Labute approximate surface area is 169 Å². The third-order valence-corrected chi connectivity index (χ3v) is 4.92. The molecule has 0 saturated heterocycles. The van der Waals surface area contributed by atoms with E-state index in [4.69, 9.17) is 16.1 Å². The minimum atomic E-state index is -0.647. The summed E-state index contributed by atoms with van der Waals surface area (Å²) < 4.78 is 3.73. The quantitative estimate of drug-likeness (QED) is 0.387. The Morgan fingerprint density at radius 1 is 1.31 bits per heavy atom. The summed E-state index contributed by atoms with van der Waals surface area (Å²) in [5, 5.41) is 29.2. The van der Waals surface area contributed by atoms with E-state index in [-0.39, 0.29) is 6.54 Å². The van der Waals surface area contributed by atoms with E-state index >= 15 is 0 Å². The van der Waals surface area contributed by atoms with Gasteiger partial charge in [0.25, 0.3) is 0 Å². The Morgan fingerprint density at radius 3 is 2.79 bits per heavy atom. The minimum absolute atomic E-state index is 0.170. The number of aliphatic hydroxyl groups is 1. The van der Waals surface area contributed by atoms with Crippen molar-refractivity contribution >= 4 is 17.3 Å². The zero-order chi connectivity index (χ0) is 20.8. The zero-order valence-electron chi connectivity index (χ0n) is 16.8. The normalized spacial score (nSPS) is 13.2. The maximum atomic E-state index is 9.60. The Balaban J connectivity index is 1.99. The molecule has 3 aromatic heterocycles. The van der Waals surface area contributed by atoms with Crippen LogP contribution in [0.4, 0.5) is 0 Å². The summed E-state index contributed by atoms with van der Waals surface area (Å²) >= 11 is 0. The van der Waals surface area contributed by atoms with E-state index in [1.165, 1.54) is 6.21 Å². The molecule has 0 bridgehead atoms. The monoisotopic (exact) mass is 396 g/mol. The predicted molar refractivity (Wildman–Crippen MR) is 114 cm³/mol. The van der Waals surface area contributed by atoms with E-state index in [1.54, 1.807) is 23.1 Å². The van der Waals surface area contributed by atoms with Crippen LogP contribution in [0.1, 0.15) is 38.4 Å². The summed E-state index contributed by atoms with van der Waals surface area (Å²) in [4.78, 5) is 4.80. The molecule has 0 amide bonds. The van der Waals surface area contributed by atoms with Gasteiger partial charge in [-0.2, -0.15) is 10.2 Å². The molecular formula is C20H28N8O. The van der Waals surface area contributed by atoms with Crippen molar-refractivity contribution in [2.75, 3.05) is 13.1 Å². The highest BCUT2D eigenvalue weighted by atomic mass is 16.3. The largest absolute Gasteiger partial charge is 0.390 e. The van der Waals surface area contributed by atoms with E-state index in [9.17, 15) is 5.11 Å². The molecule has 1 atom stereocenters. The van der Waals surface area contributed by atoms with Gasteiger partial charge in [0.2, 0.25) is 0 Å². The molecule has 0 fully saturated rings. The van der Waals surface area contributed by atoms with Gasteiger partial charge in [-0.25, -0.2) is 9.50 Å². The highest BCUT2D eigenvalue weighted by Crippen LogP contribution is 2.26. The Morgan fingerprint density at radius 2 is 2.10 bits per heavy atom. The Bertz CT molecular complexity index is 985. The van der Waals surface area contributed by atoms with Crippen molar-refractivity contribution in [3.8, 4) is 11.3 Å². The van der Waals surface area contributed by atoms with Gasteiger partial charge >= 0.3 is 0 Å². The standard InChI is InChI=1S/C20H28N8O/c1-3-16(4-2)27-12-15(10-25-27)20-19-5-6-24-28(19)13-18(26-20)14(7-21)9-23-11-17(29)8-22/h5-7,9-10,12-13,16-17,21,23,29H,3-4,8,11,22H2,1-2H3/b14-9+,21-7?. The number of hydrogen-bond acceptors (Lipinski definition) is 7. The van der Waals surface area contributed by atoms with Gasteiger partial charge in [-0.3, -0.25) is 4.68 Å². The number of nitrogens with zero attached hydrogens (tertiary/aromatic N) is 5. The van der Waals surface area contributed by atoms with E-state index in [0.717, 1.165) is 29.6 Å². The average Bonchev–Trinajstić information content (AvgIpc) is 3.41. The Hall–Kier alpha value is -3.04. The number of aliphatic hydroxyl groups excluding tert-OH is 1. The first-order valence-corrected chi connectivity index (χ1v) is 9.82. The third kappa shape index (κ3) is 4.52. The number of allylic oxidation sites excluding steroid dienone is 1. The maximum Gasteiger partial charge on any atom is 0.0999 e. The summed E-state index contributed by atoms with van der Waals surface area (Å²) in [6.07, 6.45) is 11.6. The van der Waals surface area contributed by atoms with Gasteiger partial charge in [-0.05, 0) is 18.9 Å². The molecule has 5 N–H and O–H groups in total. The highest BCUT2D eigenvalue weighted by molar-refractivity contribution is 6.07. The SMILES string of the molecule is CCC(CC)n1cc(-c2nc(/C(C=N)=C/NCC(O)CN)cn3nccc23)cn1. The summed E-state index contributed by atoms with van der Waals surface area (Å²) in [6.45, 7) is 4.77. The fourth-order valence-electron chi connectivity index (χ4n) is 3.18. The maximum absolute atomic E-state index is 9.60. The minimum Gasteiger partial charge on any atom is -0.390 e. The zero-order valence-corrected chi connectivity index (χ0v) is 16.8. The topological polar surface area (TPSA) is 130 Å². The third-order valence-electron chi connectivity index (χ3n) is 4.92. The summed E-state index contributed by atoms with van der Waals surface area (Å²) in [5.41, 5.74) is 9.11. The van der Waals surface area contributed by atoms with Crippen molar-refractivity contribution in [3.63, 3.8) is 0 Å². The van der Waals surface area contributed by atoms with Crippen molar-refractivity contribution in [1.29, 1.82) is 5.41 Å². The molecule has 0 aromatic carbocycles. The van der Waals surface area contributed by atoms with Crippen LogP contribution in [0.25, 0.3) is 22.3 Å². The predicted octanol–water partition coefficient (Wildman–Crippen LogP) is 1.85. The van der Waals surface area contributed by atoms with Gasteiger partial charge < -0.3 is 21.6 Å². The van der Waals surface area contributed by atoms with E-state index in [1.807, 2.05) is 23.1 Å². The summed E-state index contributed by atoms with van der Waals surface area (Å²) in [6, 6.07) is 2.26. The van der Waals surface area contributed by atoms with E-state index in [0.29, 0.717) is 23.9 Å². The van der Waals surface area contributed by atoms with Gasteiger partial charge in [0.15, 0.2) is 0 Å². The molecule has 3 aromatic rings. The Kier molecular flexibility index (Phi) is 6.73. The van der Waals surface area contributed by atoms with Crippen molar-refractivity contribution in [2.45, 2.75) is 38.8 Å². The van der Waals surface area contributed by atoms with Gasteiger partial charge in [0.1, 0.15) is 0 Å². The van der Waals surface area contributed by atoms with Gasteiger partial charge in [0.05, 0.1) is 47.6 Å². The van der Waals surface area contributed by atoms with Gasteiger partial charge in [0, 0.05) is 42.8 Å². The van der Waals surface area contributed by atoms with Crippen LogP contribution in [0.15, 0.2) is 37.1 Å². The first-order chi connectivity index (χ1) is 14.1. The number of fused-ring (bicyclic) bond motifs is 1. The van der Waals surface area contributed by atoms with Gasteiger partial charge in [-0.15, -0.1) is 0 Å². The van der Waals surface area contributed by atoms with E-state index < -0.39 is 6.10 Å². The van der Waals surface area contributed by atoms with Crippen molar-refractivity contribution in [3.05, 3.63) is 42.7 Å². The molecular weight excluding hydrogens is 368 g/mol. The molecule has 3 heterocycles. The molecule has 3 rings (SSSR count). The molecule has 0 aliphatic rings. The van der Waals surface area contributed by atoms with Crippen molar-refractivity contribution in [1.82, 2.24) is 29.7 Å². The number of hydrogen-bond donors (Lipinski definition) is 4. The van der Waals surface area contributed by atoms with Crippen LogP contribution in [0.2, 0.25) is 0 Å². The molecule has 29 heavy (non-hydrogen) atoms. The lowest BCUT2D eigenvalue weighted by Gasteiger charge is -2.12. The first-order valence-electron chi connectivity index (χ1n) is 9.82. The molecule has 0 saturated carbocycles. The molecule has 0 aliphatic carbocycles. The van der Waals surface area contributed by atoms with Crippen LogP contribution in [0.5, 0.6) is 0 Å². The van der Waals surface area contributed by atoms with Crippen molar-refractivity contribution < 1.29 is 5.11 Å². The highest BCUT2D eigenvalue weighted by Gasteiger charge is 2.15. The average molecular weight is 396 g/mol. The van der Waals surface area contributed by atoms with Crippen LogP contribution in [-0.2, 0) is 0 Å². The summed E-state index contributed by atoms with van der Waals surface area (Å²) in [5.74, 6) is 0. The van der Waals surface area contributed by atoms with Gasteiger partial charge in [-0.1, -0.05) is 13.8 Å². The lowest BCUT2D eigenvalue weighted by Crippen LogP contribution is -2.30. The van der Waals surface area contributed by atoms with Crippen LogP contribution < -0.4 is 11.1 Å². The molecule has 0 aliphatic heterocycles. The van der Waals surface area contributed by atoms with Crippen LogP contribution in [0.3, 0.4) is 0 Å². The molecule has 0 spiro atoms.